The van der Waals surface area contributed by atoms with Gasteiger partial charge in [0.2, 0.25) is 5.78 Å². The van der Waals surface area contributed by atoms with Gasteiger partial charge in [-0.05, 0) is 6.07 Å². The van der Waals surface area contributed by atoms with Crippen molar-refractivity contribution >= 4 is 16.8 Å². The molecule has 0 aliphatic carbocycles. The van der Waals surface area contributed by atoms with Crippen LogP contribution in [0.3, 0.4) is 0 Å². The number of aromatic amines is 1. The number of Topliss-reactive ketones (excluding diaryl/α,β-unsaturated/α-hetero) is 1. The van der Waals surface area contributed by atoms with Gasteiger partial charge in [0.05, 0.1) is 18.3 Å². The van der Waals surface area contributed by atoms with Crippen molar-refractivity contribution < 1.29 is 9.90 Å². The number of carbonyl (C=O) groups excluding carboxylic acids is 1. The van der Waals surface area contributed by atoms with Crippen LogP contribution < -0.4 is 0 Å². The standard InChI is InChI=1S/C9H8N3O2/c13-4-2-8(14)9-11-6-1-3-10-5-7(6)12-9/h1,3,5H,2,4H2,(H,11,12). The highest BCUT2D eigenvalue weighted by atomic mass is 16.3. The van der Waals surface area contributed by atoms with Gasteiger partial charge in [0, 0.05) is 12.6 Å². The Labute approximate surface area is 79.8 Å². The average molecular weight is 190 g/mol. The number of aromatic nitrogens is 3. The average Bonchev–Trinajstić information content (AvgIpc) is 2.61. The van der Waals surface area contributed by atoms with E-state index in [0.29, 0.717) is 5.52 Å². The molecular weight excluding hydrogens is 182 g/mol. The Kier molecular flexibility index (Phi) is 2.24. The molecule has 0 spiro atoms. The fraction of sp³-hybridized carbons (Fsp3) is 0.222. The molecule has 2 rings (SSSR count). The fourth-order valence-electron chi connectivity index (χ4n) is 1.20. The molecule has 5 nitrogen and oxygen atoms in total. The quantitative estimate of drug-likeness (QED) is 0.732. The lowest BCUT2D eigenvalue weighted by atomic mass is 10.3. The second-order valence-electron chi connectivity index (χ2n) is 2.86. The maximum absolute atomic E-state index is 11.3. The van der Waals surface area contributed by atoms with Gasteiger partial charge in [-0.25, -0.2) is 10.1 Å². The van der Waals surface area contributed by atoms with Gasteiger partial charge in [0.15, 0.2) is 5.82 Å². The predicted octanol–water partition coefficient (Wildman–Crippen LogP) is 0.961. The van der Waals surface area contributed by atoms with Crippen LogP contribution in [0.1, 0.15) is 17.0 Å². The van der Waals surface area contributed by atoms with E-state index in [1.807, 2.05) is 0 Å². The van der Waals surface area contributed by atoms with Crippen molar-refractivity contribution in [2.45, 2.75) is 6.42 Å². The van der Waals surface area contributed by atoms with Crippen molar-refractivity contribution in [1.82, 2.24) is 15.0 Å². The number of ketones is 1. The van der Waals surface area contributed by atoms with E-state index < -0.39 is 6.61 Å². The summed E-state index contributed by atoms with van der Waals surface area (Å²) in [6.07, 6.45) is 3.16. The largest absolute Gasteiger partial charge is 0.335 e. The van der Waals surface area contributed by atoms with Crippen LogP contribution in [0.15, 0.2) is 18.5 Å². The third-order valence-corrected chi connectivity index (χ3v) is 1.88. The van der Waals surface area contributed by atoms with Crippen molar-refractivity contribution in [2.75, 3.05) is 6.61 Å². The zero-order valence-corrected chi connectivity index (χ0v) is 7.36. The minimum atomic E-state index is -0.409. The van der Waals surface area contributed by atoms with Crippen molar-refractivity contribution in [1.29, 1.82) is 0 Å². The van der Waals surface area contributed by atoms with Gasteiger partial charge in [-0.2, -0.15) is 0 Å². The predicted molar refractivity (Wildman–Crippen MR) is 48.4 cm³/mol. The van der Waals surface area contributed by atoms with Crippen LogP contribution in [-0.2, 0) is 5.11 Å². The second kappa shape index (κ2) is 3.55. The number of H-pyrrole nitrogens is 1. The van der Waals surface area contributed by atoms with Gasteiger partial charge >= 0.3 is 0 Å². The van der Waals surface area contributed by atoms with E-state index >= 15 is 0 Å². The number of fused-ring (bicyclic) bond motifs is 1. The molecule has 0 atom stereocenters. The van der Waals surface area contributed by atoms with Crippen molar-refractivity contribution in [3.8, 4) is 0 Å². The lowest BCUT2D eigenvalue weighted by Crippen LogP contribution is -2.02. The Morgan fingerprint density at radius 2 is 2.36 bits per heavy atom. The number of pyridine rings is 1. The topological polar surface area (TPSA) is 78.5 Å². The Hall–Kier alpha value is -1.75. The van der Waals surface area contributed by atoms with Crippen LogP contribution in [-0.4, -0.2) is 27.3 Å². The molecule has 71 valence electrons. The summed E-state index contributed by atoms with van der Waals surface area (Å²) in [7, 11) is 0. The zero-order chi connectivity index (χ0) is 9.97. The van der Waals surface area contributed by atoms with Crippen LogP contribution >= 0.6 is 0 Å². The number of imidazole rings is 1. The molecule has 0 aromatic carbocycles. The SMILES string of the molecule is [O]CCC(=O)c1nc2cnccc2[nH]1. The summed E-state index contributed by atoms with van der Waals surface area (Å²) in [5.74, 6) is -0.0138. The Morgan fingerprint density at radius 1 is 1.50 bits per heavy atom. The molecule has 0 amide bonds. The van der Waals surface area contributed by atoms with Crippen LogP contribution in [0.4, 0.5) is 0 Å². The Balaban J connectivity index is 2.40. The highest BCUT2D eigenvalue weighted by molar-refractivity contribution is 5.95. The van der Waals surface area contributed by atoms with Gasteiger partial charge in [0.1, 0.15) is 5.52 Å². The molecule has 14 heavy (non-hydrogen) atoms. The van der Waals surface area contributed by atoms with E-state index in [4.69, 9.17) is 0 Å². The summed E-state index contributed by atoms with van der Waals surface area (Å²) < 4.78 is 0. The van der Waals surface area contributed by atoms with Crippen molar-refractivity contribution in [3.05, 3.63) is 24.3 Å². The van der Waals surface area contributed by atoms with Gasteiger partial charge in [-0.3, -0.25) is 9.78 Å². The molecular formula is C9H8N3O2. The second-order valence-corrected chi connectivity index (χ2v) is 2.86. The molecule has 0 saturated carbocycles. The number of nitrogens with zero attached hydrogens (tertiary/aromatic N) is 2. The normalized spacial score (nSPS) is 10.6. The number of carbonyl (C=O) groups is 1. The lowest BCUT2D eigenvalue weighted by Gasteiger charge is -1.89. The van der Waals surface area contributed by atoms with E-state index in [1.54, 1.807) is 18.5 Å². The van der Waals surface area contributed by atoms with E-state index in [0.717, 1.165) is 5.52 Å². The van der Waals surface area contributed by atoms with Crippen LogP contribution in [0.2, 0.25) is 0 Å². The smallest absolute Gasteiger partial charge is 0.200 e. The Morgan fingerprint density at radius 3 is 3.07 bits per heavy atom. The number of rotatable bonds is 3. The van der Waals surface area contributed by atoms with Crippen LogP contribution in [0, 0.1) is 0 Å². The molecule has 1 radical (unpaired) electrons. The molecule has 1 N–H and O–H groups in total. The first-order valence-corrected chi connectivity index (χ1v) is 4.22. The van der Waals surface area contributed by atoms with Gasteiger partial charge in [0.25, 0.3) is 0 Å². The first-order chi connectivity index (χ1) is 6.81. The highest BCUT2D eigenvalue weighted by Gasteiger charge is 2.10. The van der Waals surface area contributed by atoms with E-state index in [-0.39, 0.29) is 18.0 Å². The van der Waals surface area contributed by atoms with Crippen LogP contribution in [0.25, 0.3) is 11.0 Å². The molecule has 0 aliphatic heterocycles. The molecule has 0 fully saturated rings. The van der Waals surface area contributed by atoms with Gasteiger partial charge in [-0.15, -0.1) is 0 Å². The minimum Gasteiger partial charge on any atom is -0.335 e. The summed E-state index contributed by atoms with van der Waals surface area (Å²) in [6.45, 7) is -0.409. The van der Waals surface area contributed by atoms with E-state index in [9.17, 15) is 9.90 Å². The lowest BCUT2D eigenvalue weighted by molar-refractivity contribution is 0.0916. The Bertz CT molecular complexity index is 431. The number of hydrogen-bond acceptors (Lipinski definition) is 3. The minimum absolute atomic E-state index is 0.0206. The van der Waals surface area contributed by atoms with Crippen molar-refractivity contribution in [2.24, 2.45) is 0 Å². The summed E-state index contributed by atoms with van der Waals surface area (Å²) in [5, 5.41) is 10.3. The van der Waals surface area contributed by atoms with Crippen molar-refractivity contribution in [3.63, 3.8) is 0 Å². The van der Waals surface area contributed by atoms with Gasteiger partial charge in [-0.1, -0.05) is 0 Å². The summed E-state index contributed by atoms with van der Waals surface area (Å²) in [5.41, 5.74) is 1.40. The molecule has 2 aromatic heterocycles. The molecule has 0 aliphatic rings. The summed E-state index contributed by atoms with van der Waals surface area (Å²) >= 11 is 0. The summed E-state index contributed by atoms with van der Waals surface area (Å²) in [4.78, 5) is 22.0. The maximum atomic E-state index is 11.3. The monoisotopic (exact) mass is 190 g/mol. The highest BCUT2D eigenvalue weighted by Crippen LogP contribution is 2.09. The first kappa shape index (κ1) is 8.83. The van der Waals surface area contributed by atoms with E-state index in [2.05, 4.69) is 15.0 Å². The molecule has 5 heteroatoms. The molecule has 0 bridgehead atoms. The molecule has 2 heterocycles. The van der Waals surface area contributed by atoms with Gasteiger partial charge < -0.3 is 4.98 Å². The fourth-order valence-corrected chi connectivity index (χ4v) is 1.20. The zero-order valence-electron chi connectivity index (χ0n) is 7.36. The summed E-state index contributed by atoms with van der Waals surface area (Å²) in [6, 6.07) is 1.73. The van der Waals surface area contributed by atoms with Crippen LogP contribution in [0.5, 0.6) is 0 Å². The van der Waals surface area contributed by atoms with E-state index in [1.165, 1.54) is 0 Å². The number of nitrogens with one attached hydrogen (secondary N) is 1. The third kappa shape index (κ3) is 1.49. The number of hydrogen-bond donors (Lipinski definition) is 1. The third-order valence-electron chi connectivity index (χ3n) is 1.88. The molecule has 2 aromatic rings. The maximum Gasteiger partial charge on any atom is 0.200 e. The molecule has 0 unspecified atom stereocenters. The molecule has 0 saturated heterocycles. The first-order valence-electron chi connectivity index (χ1n) is 4.22.